The third-order valence-electron chi connectivity index (χ3n) is 2.26. The zero-order valence-electron chi connectivity index (χ0n) is 7.00. The van der Waals surface area contributed by atoms with Crippen molar-refractivity contribution in [3.8, 4) is 0 Å². The summed E-state index contributed by atoms with van der Waals surface area (Å²) in [5, 5.41) is 0. The van der Waals surface area contributed by atoms with Crippen molar-refractivity contribution >= 4 is 0 Å². The van der Waals surface area contributed by atoms with Gasteiger partial charge in [0.25, 0.3) is 5.79 Å². The first-order chi connectivity index (χ1) is 6.77. The van der Waals surface area contributed by atoms with E-state index in [0.717, 1.165) is 0 Å². The molecule has 15 heavy (non-hydrogen) atoms. The van der Waals surface area contributed by atoms with Crippen LogP contribution in [0.3, 0.4) is 0 Å². The van der Waals surface area contributed by atoms with Crippen molar-refractivity contribution in [1.82, 2.24) is 0 Å². The average Bonchev–Trinajstić information content (AvgIpc) is 2.67. The van der Waals surface area contributed by atoms with Crippen LogP contribution in [0.5, 0.6) is 0 Å². The van der Waals surface area contributed by atoms with E-state index in [-0.39, 0.29) is 0 Å². The van der Waals surface area contributed by atoms with Gasteiger partial charge in [0, 0.05) is 0 Å². The molecule has 86 valence electrons. The van der Waals surface area contributed by atoms with E-state index in [1.54, 1.807) is 0 Å². The molecule has 1 spiro atoms. The van der Waals surface area contributed by atoms with Crippen molar-refractivity contribution in [3.05, 3.63) is 11.7 Å². The second kappa shape index (κ2) is 2.67. The summed E-state index contributed by atoms with van der Waals surface area (Å²) in [7, 11) is 0. The maximum Gasteiger partial charge on any atom is 0.376 e. The molecule has 1 aliphatic heterocycles. The summed E-state index contributed by atoms with van der Waals surface area (Å²) in [6, 6.07) is 0. The van der Waals surface area contributed by atoms with Crippen LogP contribution in [0.4, 0.5) is 26.3 Å². The summed E-state index contributed by atoms with van der Waals surface area (Å²) in [5.74, 6) is -19.2. The van der Waals surface area contributed by atoms with Crippen LogP contribution >= 0.6 is 0 Å². The lowest BCUT2D eigenvalue weighted by molar-refractivity contribution is -0.321. The normalized spacial score (nSPS) is 31.6. The van der Waals surface area contributed by atoms with Gasteiger partial charge in [0.05, 0.1) is 13.2 Å². The summed E-state index contributed by atoms with van der Waals surface area (Å²) in [4.78, 5) is 0. The number of rotatable bonds is 0. The van der Waals surface area contributed by atoms with Crippen LogP contribution in [0.15, 0.2) is 11.7 Å². The molecule has 0 atom stereocenters. The largest absolute Gasteiger partial charge is 0.376 e. The molecule has 0 amide bonds. The zero-order valence-corrected chi connectivity index (χ0v) is 7.00. The average molecular weight is 234 g/mol. The van der Waals surface area contributed by atoms with E-state index in [1.165, 1.54) is 0 Å². The van der Waals surface area contributed by atoms with Crippen LogP contribution < -0.4 is 0 Å². The van der Waals surface area contributed by atoms with Gasteiger partial charge in [-0.05, 0) is 0 Å². The van der Waals surface area contributed by atoms with E-state index in [2.05, 4.69) is 9.47 Å². The Labute approximate surface area is 79.4 Å². The topological polar surface area (TPSA) is 18.5 Å². The lowest BCUT2D eigenvalue weighted by Gasteiger charge is -2.30. The molecule has 1 saturated heterocycles. The highest BCUT2D eigenvalue weighted by Gasteiger charge is 2.82. The van der Waals surface area contributed by atoms with Gasteiger partial charge in [-0.1, -0.05) is 0 Å². The molecule has 0 bridgehead atoms. The molecule has 0 unspecified atom stereocenters. The van der Waals surface area contributed by atoms with E-state index >= 15 is 0 Å². The third kappa shape index (κ3) is 0.938. The summed E-state index contributed by atoms with van der Waals surface area (Å²) < 4.78 is 85.3. The molecule has 0 N–H and O–H groups in total. The molecule has 8 heteroatoms. The van der Waals surface area contributed by atoms with Gasteiger partial charge in [-0.25, -0.2) is 8.78 Å². The Morgan fingerprint density at radius 1 is 0.867 bits per heavy atom. The smallest absolute Gasteiger partial charge is 0.337 e. The predicted molar refractivity (Wildman–Crippen MR) is 33.8 cm³/mol. The molecular formula is C7H4F6O2. The highest BCUT2D eigenvalue weighted by molar-refractivity contribution is 5.34. The predicted octanol–water partition coefficient (Wildman–Crippen LogP) is 2.16. The van der Waals surface area contributed by atoms with Crippen molar-refractivity contribution < 1.29 is 35.8 Å². The zero-order chi connectivity index (χ0) is 11.5. The lowest BCUT2D eigenvalue weighted by Crippen LogP contribution is -2.54. The number of halogens is 6. The monoisotopic (exact) mass is 234 g/mol. The molecule has 2 nitrogen and oxygen atoms in total. The fraction of sp³-hybridized carbons (Fsp3) is 0.714. The number of ether oxygens (including phenoxy) is 2. The molecule has 1 aliphatic carbocycles. The van der Waals surface area contributed by atoms with Crippen molar-refractivity contribution in [2.24, 2.45) is 0 Å². The minimum absolute atomic E-state index is 0.508. The van der Waals surface area contributed by atoms with E-state index in [9.17, 15) is 26.3 Å². The fourth-order valence-corrected chi connectivity index (χ4v) is 1.49. The van der Waals surface area contributed by atoms with E-state index in [4.69, 9.17) is 0 Å². The number of hydrogen-bond donors (Lipinski definition) is 0. The van der Waals surface area contributed by atoms with Crippen LogP contribution in [0.1, 0.15) is 0 Å². The SMILES string of the molecule is FC1=C(F)C2(OCCO2)C(F)(F)C1(F)F. The van der Waals surface area contributed by atoms with Gasteiger partial charge in [0.15, 0.2) is 0 Å². The molecule has 0 radical (unpaired) electrons. The van der Waals surface area contributed by atoms with Gasteiger partial charge in [0.1, 0.15) is 0 Å². The van der Waals surface area contributed by atoms with Crippen molar-refractivity contribution in [2.45, 2.75) is 17.6 Å². The van der Waals surface area contributed by atoms with Crippen LogP contribution in [-0.2, 0) is 9.47 Å². The first kappa shape index (κ1) is 10.7. The maximum atomic E-state index is 13.1. The van der Waals surface area contributed by atoms with Gasteiger partial charge >= 0.3 is 11.8 Å². The minimum atomic E-state index is -5.25. The van der Waals surface area contributed by atoms with Gasteiger partial charge in [-0.2, -0.15) is 17.6 Å². The van der Waals surface area contributed by atoms with Crippen LogP contribution in [0.25, 0.3) is 0 Å². The van der Waals surface area contributed by atoms with E-state index < -0.39 is 42.5 Å². The highest BCUT2D eigenvalue weighted by atomic mass is 19.3. The Balaban J connectivity index is 2.59. The van der Waals surface area contributed by atoms with Gasteiger partial charge in [0.2, 0.25) is 11.7 Å². The Morgan fingerprint density at radius 3 is 1.67 bits per heavy atom. The molecule has 2 rings (SSSR count). The van der Waals surface area contributed by atoms with Crippen molar-refractivity contribution in [1.29, 1.82) is 0 Å². The Hall–Kier alpha value is -0.760. The standard InChI is InChI=1S/C7H4F6O2/c8-3-4(9)6(14-1-2-15-6)7(12,13)5(3,10)11/h1-2H2. The number of alkyl halides is 4. The molecule has 0 aromatic heterocycles. The van der Waals surface area contributed by atoms with Crippen LogP contribution in [-0.4, -0.2) is 30.8 Å². The molecule has 1 heterocycles. The number of hydrogen-bond acceptors (Lipinski definition) is 2. The summed E-state index contributed by atoms with van der Waals surface area (Å²) in [5.41, 5.74) is 0. The van der Waals surface area contributed by atoms with E-state index in [1.807, 2.05) is 0 Å². The maximum absolute atomic E-state index is 13.1. The summed E-state index contributed by atoms with van der Waals surface area (Å²) in [6.45, 7) is -1.02. The number of allylic oxidation sites excluding steroid dienone is 1. The third-order valence-corrected chi connectivity index (χ3v) is 2.26. The second-order valence-electron chi connectivity index (χ2n) is 3.09. The fourth-order valence-electron chi connectivity index (χ4n) is 1.49. The Kier molecular flexibility index (Phi) is 1.92. The molecule has 0 aromatic carbocycles. The lowest BCUT2D eigenvalue weighted by atomic mass is 10.1. The minimum Gasteiger partial charge on any atom is -0.337 e. The first-order valence-electron chi connectivity index (χ1n) is 3.87. The summed E-state index contributed by atoms with van der Waals surface area (Å²) >= 11 is 0. The van der Waals surface area contributed by atoms with Crippen LogP contribution in [0.2, 0.25) is 0 Å². The van der Waals surface area contributed by atoms with Crippen molar-refractivity contribution in [2.75, 3.05) is 13.2 Å². The highest BCUT2D eigenvalue weighted by Crippen LogP contribution is 2.60. The van der Waals surface area contributed by atoms with Crippen molar-refractivity contribution in [3.63, 3.8) is 0 Å². The van der Waals surface area contributed by atoms with Crippen LogP contribution in [0, 0.1) is 0 Å². The molecule has 0 aromatic rings. The Bertz CT molecular complexity index is 330. The second-order valence-corrected chi connectivity index (χ2v) is 3.09. The Morgan fingerprint density at radius 2 is 1.33 bits per heavy atom. The molecule has 1 fully saturated rings. The summed E-state index contributed by atoms with van der Waals surface area (Å²) in [6.07, 6.45) is 0. The van der Waals surface area contributed by atoms with E-state index in [0.29, 0.717) is 0 Å². The van der Waals surface area contributed by atoms with Gasteiger partial charge < -0.3 is 9.47 Å². The molecule has 2 aliphatic rings. The van der Waals surface area contributed by atoms with Gasteiger partial charge in [-0.15, -0.1) is 0 Å². The first-order valence-corrected chi connectivity index (χ1v) is 3.87. The molecule has 0 saturated carbocycles. The van der Waals surface area contributed by atoms with Gasteiger partial charge in [-0.3, -0.25) is 0 Å². The molecular weight excluding hydrogens is 230 g/mol. The quantitative estimate of drug-likeness (QED) is 0.598.